The van der Waals surface area contributed by atoms with Crippen LogP contribution in [-0.4, -0.2) is 28.6 Å². The number of anilines is 1. The van der Waals surface area contributed by atoms with Crippen LogP contribution < -0.4 is 4.90 Å². The van der Waals surface area contributed by atoms with Crippen LogP contribution >= 0.6 is 0 Å². The van der Waals surface area contributed by atoms with E-state index in [1.165, 1.54) is 0 Å². The molecule has 2 aromatic rings. The van der Waals surface area contributed by atoms with E-state index in [9.17, 15) is 9.59 Å². The van der Waals surface area contributed by atoms with Gasteiger partial charge in [-0.15, -0.1) is 10.2 Å². The van der Waals surface area contributed by atoms with Crippen LogP contribution in [0.25, 0.3) is 0 Å². The molecule has 1 aliphatic heterocycles. The Bertz CT molecular complexity index is 832. The number of ether oxygens (including phenoxy) is 1. The normalized spacial score (nSPS) is 19.2. The summed E-state index contributed by atoms with van der Waals surface area (Å²) in [6, 6.07) is 7.88. The van der Waals surface area contributed by atoms with E-state index in [4.69, 9.17) is 9.15 Å². The van der Waals surface area contributed by atoms with E-state index in [0.717, 1.165) is 17.7 Å². The first-order chi connectivity index (χ1) is 12.9. The first-order valence-corrected chi connectivity index (χ1v) is 9.30. The largest absolute Gasteiger partial charge is 0.452 e. The summed E-state index contributed by atoms with van der Waals surface area (Å²) in [6.07, 6.45) is 0.477. The van der Waals surface area contributed by atoms with Crippen LogP contribution in [0.2, 0.25) is 0 Å². The Balaban J connectivity index is 1.71. The first kappa shape index (κ1) is 19.1. The van der Waals surface area contributed by atoms with Crippen molar-refractivity contribution in [2.45, 2.75) is 52.6 Å². The van der Waals surface area contributed by atoms with Crippen LogP contribution in [0.5, 0.6) is 0 Å². The fourth-order valence-corrected chi connectivity index (χ4v) is 3.27. The summed E-state index contributed by atoms with van der Waals surface area (Å²) in [6.45, 7) is 7.93. The molecule has 2 heterocycles. The third-order valence-corrected chi connectivity index (χ3v) is 5.01. The highest BCUT2D eigenvalue weighted by Crippen LogP contribution is 2.34. The molecule has 1 aromatic carbocycles. The number of nitrogens with zero attached hydrogens (tertiary/aromatic N) is 3. The quantitative estimate of drug-likeness (QED) is 0.722. The maximum absolute atomic E-state index is 12.6. The molecule has 1 aromatic heterocycles. The van der Waals surface area contributed by atoms with Gasteiger partial charge >= 0.3 is 5.97 Å². The molecule has 7 heteroatoms. The molecule has 0 radical (unpaired) electrons. The lowest BCUT2D eigenvalue weighted by Gasteiger charge is -2.23. The van der Waals surface area contributed by atoms with Crippen molar-refractivity contribution >= 4 is 17.6 Å². The minimum Gasteiger partial charge on any atom is -0.452 e. The molecule has 3 unspecified atom stereocenters. The van der Waals surface area contributed by atoms with Gasteiger partial charge in [-0.3, -0.25) is 9.59 Å². The standard InChI is InChI=1S/C20H25N3O4/c1-5-12(2)16-8-6-7-9-17(16)23-11-15(10-18(23)24)20(25)26-13(3)19-22-21-14(4)27-19/h6-9,12-13,15H,5,10-11H2,1-4H3. The summed E-state index contributed by atoms with van der Waals surface area (Å²) in [5.74, 6) is 0.0138. The average molecular weight is 371 g/mol. The van der Waals surface area contributed by atoms with Crippen molar-refractivity contribution in [1.29, 1.82) is 0 Å². The molecule has 0 aliphatic carbocycles. The van der Waals surface area contributed by atoms with Crippen LogP contribution in [0.15, 0.2) is 28.7 Å². The van der Waals surface area contributed by atoms with Gasteiger partial charge in [-0.05, 0) is 30.9 Å². The minimum atomic E-state index is -0.643. The summed E-state index contributed by atoms with van der Waals surface area (Å²) >= 11 is 0. The zero-order valence-corrected chi connectivity index (χ0v) is 16.1. The van der Waals surface area contributed by atoms with E-state index in [-0.39, 0.29) is 18.2 Å². The van der Waals surface area contributed by atoms with E-state index >= 15 is 0 Å². The highest BCUT2D eigenvalue weighted by Gasteiger charge is 2.38. The van der Waals surface area contributed by atoms with Crippen LogP contribution in [-0.2, 0) is 14.3 Å². The molecule has 3 atom stereocenters. The molecule has 27 heavy (non-hydrogen) atoms. The van der Waals surface area contributed by atoms with Crippen LogP contribution in [0, 0.1) is 12.8 Å². The van der Waals surface area contributed by atoms with Gasteiger partial charge in [0.05, 0.1) is 5.92 Å². The van der Waals surface area contributed by atoms with E-state index in [1.54, 1.807) is 18.7 Å². The van der Waals surface area contributed by atoms with Gasteiger partial charge in [-0.25, -0.2) is 0 Å². The van der Waals surface area contributed by atoms with Crippen LogP contribution in [0.4, 0.5) is 5.69 Å². The number of aromatic nitrogens is 2. The second-order valence-electron chi connectivity index (χ2n) is 7.01. The number of para-hydroxylation sites is 1. The number of esters is 1. The molecule has 0 N–H and O–H groups in total. The number of aryl methyl sites for hydroxylation is 1. The van der Waals surface area contributed by atoms with Gasteiger partial charge in [0.15, 0.2) is 6.10 Å². The highest BCUT2D eigenvalue weighted by molar-refractivity contribution is 6.00. The third-order valence-electron chi connectivity index (χ3n) is 5.01. The van der Waals surface area contributed by atoms with E-state index in [0.29, 0.717) is 18.4 Å². The second-order valence-corrected chi connectivity index (χ2v) is 7.01. The summed E-state index contributed by atoms with van der Waals surface area (Å²) in [7, 11) is 0. The number of carbonyl (C=O) groups excluding carboxylic acids is 2. The Kier molecular flexibility index (Phi) is 5.58. The predicted molar refractivity (Wildman–Crippen MR) is 99.2 cm³/mol. The number of benzene rings is 1. The minimum absolute atomic E-state index is 0.0611. The molecule has 7 nitrogen and oxygen atoms in total. The van der Waals surface area contributed by atoms with Gasteiger partial charge in [0, 0.05) is 25.6 Å². The molecule has 1 saturated heterocycles. The number of amides is 1. The van der Waals surface area contributed by atoms with Gasteiger partial charge < -0.3 is 14.1 Å². The lowest BCUT2D eigenvalue weighted by Crippen LogP contribution is -2.28. The van der Waals surface area contributed by atoms with Crippen molar-refractivity contribution in [3.8, 4) is 0 Å². The van der Waals surface area contributed by atoms with Crippen molar-refractivity contribution in [3.05, 3.63) is 41.6 Å². The number of rotatable bonds is 6. The fourth-order valence-electron chi connectivity index (χ4n) is 3.27. The number of hydrogen-bond donors (Lipinski definition) is 0. The van der Waals surface area contributed by atoms with E-state index in [2.05, 4.69) is 24.0 Å². The lowest BCUT2D eigenvalue weighted by atomic mass is 9.96. The fraction of sp³-hybridized carbons (Fsp3) is 0.500. The zero-order chi connectivity index (χ0) is 19.6. The zero-order valence-electron chi connectivity index (χ0n) is 16.1. The number of hydrogen-bond acceptors (Lipinski definition) is 6. The molecule has 1 fully saturated rings. The molecular formula is C20H25N3O4. The summed E-state index contributed by atoms with van der Waals surface area (Å²) in [5.41, 5.74) is 2.00. The Morgan fingerprint density at radius 1 is 1.33 bits per heavy atom. The lowest BCUT2D eigenvalue weighted by molar-refractivity contribution is -0.154. The molecule has 3 rings (SSSR count). The van der Waals surface area contributed by atoms with Gasteiger partial charge in [0.1, 0.15) is 0 Å². The Hall–Kier alpha value is -2.70. The Morgan fingerprint density at radius 2 is 2.07 bits per heavy atom. The molecule has 0 bridgehead atoms. The summed E-state index contributed by atoms with van der Waals surface area (Å²) in [5, 5.41) is 7.61. The molecule has 1 amide bonds. The maximum Gasteiger partial charge on any atom is 0.312 e. The van der Waals surface area contributed by atoms with E-state index < -0.39 is 18.0 Å². The van der Waals surface area contributed by atoms with Crippen molar-refractivity contribution in [3.63, 3.8) is 0 Å². The van der Waals surface area contributed by atoms with Gasteiger partial charge in [0.25, 0.3) is 5.89 Å². The molecule has 0 spiro atoms. The molecule has 0 saturated carbocycles. The first-order valence-electron chi connectivity index (χ1n) is 9.30. The van der Waals surface area contributed by atoms with Gasteiger partial charge in [-0.2, -0.15) is 0 Å². The van der Waals surface area contributed by atoms with Crippen molar-refractivity contribution in [2.75, 3.05) is 11.4 Å². The average Bonchev–Trinajstić information content (AvgIpc) is 3.27. The van der Waals surface area contributed by atoms with Gasteiger partial charge in [-0.1, -0.05) is 32.0 Å². The smallest absolute Gasteiger partial charge is 0.312 e. The highest BCUT2D eigenvalue weighted by atomic mass is 16.6. The van der Waals surface area contributed by atoms with Crippen LogP contribution in [0.1, 0.15) is 63.0 Å². The van der Waals surface area contributed by atoms with Crippen molar-refractivity contribution < 1.29 is 18.7 Å². The monoisotopic (exact) mass is 371 g/mol. The maximum atomic E-state index is 12.6. The number of carbonyl (C=O) groups is 2. The van der Waals surface area contributed by atoms with Crippen LogP contribution in [0.3, 0.4) is 0 Å². The summed E-state index contributed by atoms with van der Waals surface area (Å²) in [4.78, 5) is 26.8. The summed E-state index contributed by atoms with van der Waals surface area (Å²) < 4.78 is 10.7. The predicted octanol–water partition coefficient (Wildman–Crippen LogP) is 3.55. The Morgan fingerprint density at radius 3 is 2.74 bits per heavy atom. The third kappa shape index (κ3) is 4.02. The Labute approximate surface area is 158 Å². The van der Waals surface area contributed by atoms with Crippen molar-refractivity contribution in [1.82, 2.24) is 10.2 Å². The SMILES string of the molecule is CCC(C)c1ccccc1N1CC(C(=O)OC(C)c2nnc(C)o2)CC1=O. The van der Waals surface area contributed by atoms with E-state index in [1.807, 2.05) is 24.3 Å². The van der Waals surface area contributed by atoms with Gasteiger partial charge in [0.2, 0.25) is 11.8 Å². The molecular weight excluding hydrogens is 346 g/mol. The van der Waals surface area contributed by atoms with Crippen molar-refractivity contribution in [2.24, 2.45) is 5.92 Å². The molecule has 1 aliphatic rings. The molecule has 144 valence electrons. The topological polar surface area (TPSA) is 85.5 Å². The second kappa shape index (κ2) is 7.90.